The van der Waals surface area contributed by atoms with Gasteiger partial charge in [-0.3, -0.25) is 9.59 Å². The second-order valence-electron chi connectivity index (χ2n) is 8.13. The SMILES string of the molecule is COc1ccc(Cl)cc1C(=O)N1CCC(C(=O)NCc2ccccc2Cn2ccnc2)CC1. The molecule has 7 nitrogen and oxygen atoms in total. The molecule has 2 amide bonds. The molecule has 33 heavy (non-hydrogen) atoms. The molecule has 0 bridgehead atoms. The number of piperidine rings is 1. The van der Waals surface area contributed by atoms with E-state index in [9.17, 15) is 9.59 Å². The fourth-order valence-corrected chi connectivity index (χ4v) is 4.32. The number of rotatable bonds is 7. The average Bonchev–Trinajstić information content (AvgIpc) is 3.36. The Morgan fingerprint density at radius 3 is 2.61 bits per heavy atom. The van der Waals surface area contributed by atoms with Gasteiger partial charge in [0.25, 0.3) is 5.91 Å². The third-order valence-electron chi connectivity index (χ3n) is 6.03. The molecule has 1 fully saturated rings. The molecule has 1 aliphatic rings. The Morgan fingerprint density at radius 2 is 1.91 bits per heavy atom. The van der Waals surface area contributed by atoms with Gasteiger partial charge in [0.05, 0.1) is 19.0 Å². The first kappa shape index (κ1) is 22.9. The Balaban J connectivity index is 1.32. The largest absolute Gasteiger partial charge is 0.496 e. The predicted octanol–water partition coefficient (Wildman–Crippen LogP) is 3.76. The Morgan fingerprint density at radius 1 is 1.15 bits per heavy atom. The molecule has 0 atom stereocenters. The zero-order valence-electron chi connectivity index (χ0n) is 18.5. The summed E-state index contributed by atoms with van der Waals surface area (Å²) in [6.45, 7) is 2.22. The molecule has 8 heteroatoms. The number of methoxy groups -OCH3 is 1. The number of likely N-dealkylation sites (tertiary alicyclic amines) is 1. The van der Waals surface area contributed by atoms with Crippen LogP contribution in [0, 0.1) is 5.92 Å². The van der Waals surface area contributed by atoms with Crippen LogP contribution in [0.5, 0.6) is 5.75 Å². The quantitative estimate of drug-likeness (QED) is 0.575. The lowest BCUT2D eigenvalue weighted by atomic mass is 9.95. The first-order chi connectivity index (χ1) is 16.0. The first-order valence-electron chi connectivity index (χ1n) is 11.0. The van der Waals surface area contributed by atoms with Gasteiger partial charge in [-0.2, -0.15) is 0 Å². The van der Waals surface area contributed by atoms with Crippen molar-refractivity contribution in [3.63, 3.8) is 0 Å². The van der Waals surface area contributed by atoms with E-state index >= 15 is 0 Å². The van der Waals surface area contributed by atoms with Crippen molar-refractivity contribution in [1.82, 2.24) is 19.8 Å². The van der Waals surface area contributed by atoms with Crippen LogP contribution >= 0.6 is 11.6 Å². The number of halogens is 1. The van der Waals surface area contributed by atoms with Gasteiger partial charge in [-0.05, 0) is 42.2 Å². The third kappa shape index (κ3) is 5.54. The van der Waals surface area contributed by atoms with Crippen LogP contribution in [0.15, 0.2) is 61.2 Å². The van der Waals surface area contributed by atoms with Crippen molar-refractivity contribution >= 4 is 23.4 Å². The summed E-state index contributed by atoms with van der Waals surface area (Å²) in [7, 11) is 1.53. The van der Waals surface area contributed by atoms with Crippen molar-refractivity contribution < 1.29 is 14.3 Å². The Hall–Kier alpha value is -3.32. The molecule has 0 saturated carbocycles. The van der Waals surface area contributed by atoms with Gasteiger partial charge in [-0.1, -0.05) is 35.9 Å². The molecule has 1 N–H and O–H groups in total. The van der Waals surface area contributed by atoms with E-state index in [1.807, 2.05) is 29.0 Å². The average molecular weight is 467 g/mol. The molecule has 2 heterocycles. The van der Waals surface area contributed by atoms with E-state index in [2.05, 4.69) is 16.4 Å². The minimum Gasteiger partial charge on any atom is -0.496 e. The highest BCUT2D eigenvalue weighted by molar-refractivity contribution is 6.31. The summed E-state index contributed by atoms with van der Waals surface area (Å²) >= 11 is 6.07. The number of aromatic nitrogens is 2. The van der Waals surface area contributed by atoms with Crippen molar-refractivity contribution in [3.05, 3.63) is 82.9 Å². The molecule has 0 spiro atoms. The highest BCUT2D eigenvalue weighted by Crippen LogP contribution is 2.26. The predicted molar refractivity (Wildman–Crippen MR) is 126 cm³/mol. The molecule has 1 aromatic heterocycles. The van der Waals surface area contributed by atoms with Gasteiger partial charge in [0.2, 0.25) is 5.91 Å². The number of amides is 2. The van der Waals surface area contributed by atoms with Crippen LogP contribution in [0.2, 0.25) is 5.02 Å². The molecular weight excluding hydrogens is 440 g/mol. The van der Waals surface area contributed by atoms with Crippen LogP contribution in [0.1, 0.15) is 34.3 Å². The maximum Gasteiger partial charge on any atom is 0.257 e. The summed E-state index contributed by atoms with van der Waals surface area (Å²) in [5.41, 5.74) is 2.68. The van der Waals surface area contributed by atoms with Crippen molar-refractivity contribution in [3.8, 4) is 5.75 Å². The van der Waals surface area contributed by atoms with Crippen LogP contribution in [-0.4, -0.2) is 46.5 Å². The van der Waals surface area contributed by atoms with Gasteiger partial charge in [-0.25, -0.2) is 4.98 Å². The monoisotopic (exact) mass is 466 g/mol. The number of hydrogen-bond donors (Lipinski definition) is 1. The molecule has 3 aromatic rings. The van der Waals surface area contributed by atoms with E-state index in [4.69, 9.17) is 16.3 Å². The van der Waals surface area contributed by atoms with E-state index in [0.29, 0.717) is 55.4 Å². The molecule has 0 unspecified atom stereocenters. The number of carbonyl (C=O) groups is 2. The highest BCUT2D eigenvalue weighted by atomic mass is 35.5. The molecular formula is C25H27ClN4O3. The van der Waals surface area contributed by atoms with Crippen LogP contribution in [0.25, 0.3) is 0 Å². The summed E-state index contributed by atoms with van der Waals surface area (Å²) < 4.78 is 7.32. The van der Waals surface area contributed by atoms with E-state index in [0.717, 1.165) is 11.1 Å². The Kier molecular flexibility index (Phi) is 7.29. The van der Waals surface area contributed by atoms with Gasteiger partial charge >= 0.3 is 0 Å². The van der Waals surface area contributed by atoms with Crippen molar-refractivity contribution in [2.45, 2.75) is 25.9 Å². The normalized spacial score (nSPS) is 14.2. The number of benzene rings is 2. The lowest BCUT2D eigenvalue weighted by Crippen LogP contribution is -2.43. The van der Waals surface area contributed by atoms with Crippen LogP contribution in [-0.2, 0) is 17.9 Å². The van der Waals surface area contributed by atoms with Gasteiger partial charge in [0.1, 0.15) is 5.75 Å². The third-order valence-corrected chi connectivity index (χ3v) is 6.26. The fourth-order valence-electron chi connectivity index (χ4n) is 4.15. The van der Waals surface area contributed by atoms with E-state index in [1.165, 1.54) is 7.11 Å². The number of carbonyl (C=O) groups excluding carboxylic acids is 2. The number of imidazole rings is 1. The van der Waals surface area contributed by atoms with E-state index < -0.39 is 0 Å². The van der Waals surface area contributed by atoms with Gasteiger partial charge in [-0.15, -0.1) is 0 Å². The second-order valence-corrected chi connectivity index (χ2v) is 8.57. The molecule has 172 valence electrons. The summed E-state index contributed by atoms with van der Waals surface area (Å²) in [6.07, 6.45) is 6.70. The number of nitrogens with one attached hydrogen (secondary N) is 1. The minimum atomic E-state index is -0.123. The van der Waals surface area contributed by atoms with Gasteiger partial charge in [0, 0.05) is 49.5 Å². The summed E-state index contributed by atoms with van der Waals surface area (Å²) in [6, 6.07) is 13.1. The van der Waals surface area contributed by atoms with Crippen molar-refractivity contribution in [2.24, 2.45) is 5.92 Å². The maximum absolute atomic E-state index is 13.0. The smallest absolute Gasteiger partial charge is 0.257 e. The van der Waals surface area contributed by atoms with Crippen molar-refractivity contribution in [2.75, 3.05) is 20.2 Å². The number of nitrogens with zero attached hydrogens (tertiary/aromatic N) is 3. The molecule has 0 aliphatic carbocycles. The van der Waals surface area contributed by atoms with Crippen LogP contribution in [0.3, 0.4) is 0 Å². The van der Waals surface area contributed by atoms with E-state index in [-0.39, 0.29) is 17.7 Å². The zero-order valence-corrected chi connectivity index (χ0v) is 19.3. The van der Waals surface area contributed by atoms with Gasteiger partial charge < -0.3 is 19.5 Å². The number of hydrogen-bond acceptors (Lipinski definition) is 4. The molecule has 4 rings (SSSR count). The highest BCUT2D eigenvalue weighted by Gasteiger charge is 2.29. The zero-order chi connectivity index (χ0) is 23.2. The Bertz CT molecular complexity index is 1110. The first-order valence-corrected chi connectivity index (χ1v) is 11.4. The standard InChI is InChI=1S/C25H27ClN4O3/c1-33-23-7-6-21(26)14-22(23)25(32)30-11-8-18(9-12-30)24(31)28-15-19-4-2-3-5-20(19)16-29-13-10-27-17-29/h2-7,10,13-14,17-18H,8-9,11-12,15-16H2,1H3,(H,28,31). The summed E-state index contributed by atoms with van der Waals surface area (Å²) in [5, 5.41) is 3.57. The Labute approximate surface area is 198 Å². The van der Waals surface area contributed by atoms with Crippen LogP contribution < -0.4 is 10.1 Å². The topological polar surface area (TPSA) is 76.5 Å². The van der Waals surface area contributed by atoms with E-state index in [1.54, 1.807) is 35.6 Å². The van der Waals surface area contributed by atoms with Gasteiger partial charge in [0.15, 0.2) is 0 Å². The summed E-state index contributed by atoms with van der Waals surface area (Å²) in [4.78, 5) is 31.6. The van der Waals surface area contributed by atoms with Crippen LogP contribution in [0.4, 0.5) is 0 Å². The molecule has 2 aromatic carbocycles. The minimum absolute atomic E-state index is 0.0277. The maximum atomic E-state index is 13.0. The lowest BCUT2D eigenvalue weighted by molar-refractivity contribution is -0.126. The number of ether oxygens (including phenoxy) is 1. The summed E-state index contributed by atoms with van der Waals surface area (Å²) in [5.74, 6) is 0.288. The fraction of sp³-hybridized carbons (Fsp3) is 0.320. The lowest BCUT2D eigenvalue weighted by Gasteiger charge is -2.31. The van der Waals surface area contributed by atoms with Crippen molar-refractivity contribution in [1.29, 1.82) is 0 Å². The second kappa shape index (κ2) is 10.5. The molecule has 1 saturated heterocycles. The molecule has 0 radical (unpaired) electrons. The molecule has 1 aliphatic heterocycles.